The molecule has 0 amide bonds. The van der Waals surface area contributed by atoms with E-state index in [0.29, 0.717) is 23.3 Å². The minimum Gasteiger partial charge on any atom is -0.468 e. The lowest BCUT2D eigenvalue weighted by Crippen LogP contribution is -2.12. The van der Waals surface area contributed by atoms with Crippen LogP contribution in [0.1, 0.15) is 37.4 Å². The molecular weight excluding hydrogens is 306 g/mol. The van der Waals surface area contributed by atoms with Crippen LogP contribution in [0.25, 0.3) is 22.4 Å². The highest BCUT2D eigenvalue weighted by atomic mass is 16.5. The number of fused-ring (bicyclic) bond motifs is 1. The molecule has 0 radical (unpaired) electrons. The van der Waals surface area contributed by atoms with Crippen molar-refractivity contribution in [3.05, 3.63) is 30.9 Å². The monoisotopic (exact) mass is 325 g/mol. The molecule has 0 fully saturated rings. The number of carbonyl (C=O) groups excluding carboxylic acids is 1. The van der Waals surface area contributed by atoms with E-state index in [-0.39, 0.29) is 11.9 Å². The maximum absolute atomic E-state index is 12.6. The standard InChI is InChI=1S/C17H19N5O2/c1-3-4-5-6-15(23)22-16-14(21-17(22)24-2)8-7-13(20-16)12-9-18-11-19-10-12/h7-11H,3-6H2,1-2H3. The number of aromatic nitrogens is 5. The quantitative estimate of drug-likeness (QED) is 0.648. The number of unbranched alkanes of at least 4 members (excludes halogenated alkanes) is 2. The second kappa shape index (κ2) is 7.16. The Kier molecular flexibility index (Phi) is 4.79. The van der Waals surface area contributed by atoms with Crippen LogP contribution >= 0.6 is 0 Å². The van der Waals surface area contributed by atoms with E-state index in [9.17, 15) is 4.79 Å². The maximum Gasteiger partial charge on any atom is 0.305 e. The van der Waals surface area contributed by atoms with E-state index in [1.165, 1.54) is 18.0 Å². The largest absolute Gasteiger partial charge is 0.468 e. The fourth-order valence-corrected chi connectivity index (χ4v) is 2.53. The normalized spacial score (nSPS) is 10.9. The van der Waals surface area contributed by atoms with Gasteiger partial charge in [0.05, 0.1) is 12.8 Å². The Morgan fingerprint density at radius 1 is 1.17 bits per heavy atom. The fourth-order valence-electron chi connectivity index (χ4n) is 2.53. The van der Waals surface area contributed by atoms with Gasteiger partial charge in [-0.15, -0.1) is 0 Å². The molecule has 3 heterocycles. The Bertz CT molecular complexity index is 845. The summed E-state index contributed by atoms with van der Waals surface area (Å²) >= 11 is 0. The molecule has 0 spiro atoms. The van der Waals surface area contributed by atoms with E-state index in [0.717, 1.165) is 24.8 Å². The molecule has 3 aromatic heterocycles. The summed E-state index contributed by atoms with van der Waals surface area (Å²) in [6.07, 6.45) is 8.18. The Labute approximate surface area is 139 Å². The summed E-state index contributed by atoms with van der Waals surface area (Å²) in [7, 11) is 1.50. The molecule has 0 bridgehead atoms. The molecule has 7 nitrogen and oxygen atoms in total. The van der Waals surface area contributed by atoms with Crippen molar-refractivity contribution in [3.8, 4) is 17.3 Å². The molecule has 24 heavy (non-hydrogen) atoms. The predicted molar refractivity (Wildman–Crippen MR) is 89.9 cm³/mol. The molecule has 0 aliphatic heterocycles. The van der Waals surface area contributed by atoms with Gasteiger partial charge < -0.3 is 4.74 Å². The van der Waals surface area contributed by atoms with Crippen LogP contribution in [0.3, 0.4) is 0 Å². The number of ether oxygens (including phenoxy) is 1. The van der Waals surface area contributed by atoms with Gasteiger partial charge in [-0.2, -0.15) is 4.98 Å². The fraction of sp³-hybridized carbons (Fsp3) is 0.353. The van der Waals surface area contributed by atoms with Gasteiger partial charge in [0.1, 0.15) is 11.8 Å². The number of pyridine rings is 1. The summed E-state index contributed by atoms with van der Waals surface area (Å²) in [5.74, 6) is -0.0586. The summed E-state index contributed by atoms with van der Waals surface area (Å²) in [6.45, 7) is 2.10. The van der Waals surface area contributed by atoms with Crippen molar-refractivity contribution in [3.63, 3.8) is 0 Å². The van der Waals surface area contributed by atoms with Crippen molar-refractivity contribution in [2.24, 2.45) is 0 Å². The molecule has 0 N–H and O–H groups in total. The third-order valence-electron chi connectivity index (χ3n) is 3.76. The third-order valence-corrected chi connectivity index (χ3v) is 3.76. The van der Waals surface area contributed by atoms with E-state index in [1.54, 1.807) is 12.4 Å². The average molecular weight is 325 g/mol. The van der Waals surface area contributed by atoms with Crippen molar-refractivity contribution in [1.82, 2.24) is 24.5 Å². The molecule has 0 saturated carbocycles. The highest BCUT2D eigenvalue weighted by Crippen LogP contribution is 2.24. The second-order valence-electron chi connectivity index (χ2n) is 5.45. The summed E-state index contributed by atoms with van der Waals surface area (Å²) in [5, 5.41) is 0. The van der Waals surface area contributed by atoms with Gasteiger partial charge in [-0.25, -0.2) is 19.5 Å². The lowest BCUT2D eigenvalue weighted by atomic mass is 10.2. The summed E-state index contributed by atoms with van der Waals surface area (Å²) in [4.78, 5) is 29.5. The molecule has 0 aromatic carbocycles. The van der Waals surface area contributed by atoms with Crippen molar-refractivity contribution < 1.29 is 9.53 Å². The lowest BCUT2D eigenvalue weighted by molar-refractivity contribution is 0.0892. The van der Waals surface area contributed by atoms with E-state index < -0.39 is 0 Å². The van der Waals surface area contributed by atoms with Crippen LogP contribution in [-0.4, -0.2) is 37.5 Å². The van der Waals surface area contributed by atoms with Crippen molar-refractivity contribution in [2.45, 2.75) is 32.6 Å². The Morgan fingerprint density at radius 2 is 1.96 bits per heavy atom. The smallest absolute Gasteiger partial charge is 0.305 e. The first kappa shape index (κ1) is 16.0. The van der Waals surface area contributed by atoms with Gasteiger partial charge in [-0.3, -0.25) is 4.79 Å². The van der Waals surface area contributed by atoms with Gasteiger partial charge in [0, 0.05) is 24.4 Å². The highest BCUT2D eigenvalue weighted by Gasteiger charge is 2.19. The summed E-state index contributed by atoms with van der Waals surface area (Å²) < 4.78 is 6.73. The maximum atomic E-state index is 12.6. The molecular formula is C17H19N5O2. The molecule has 0 saturated heterocycles. The third kappa shape index (κ3) is 3.10. The van der Waals surface area contributed by atoms with Gasteiger partial charge in [-0.05, 0) is 18.6 Å². The molecule has 0 aliphatic carbocycles. The zero-order valence-electron chi connectivity index (χ0n) is 13.8. The number of rotatable bonds is 6. The van der Waals surface area contributed by atoms with Crippen molar-refractivity contribution in [1.29, 1.82) is 0 Å². The molecule has 3 rings (SSSR count). The van der Waals surface area contributed by atoms with E-state index in [1.807, 2.05) is 12.1 Å². The zero-order valence-corrected chi connectivity index (χ0v) is 13.8. The van der Waals surface area contributed by atoms with Crippen LogP contribution in [0.4, 0.5) is 0 Å². The second-order valence-corrected chi connectivity index (χ2v) is 5.45. The van der Waals surface area contributed by atoms with Gasteiger partial charge in [-0.1, -0.05) is 19.8 Å². The molecule has 7 heteroatoms. The predicted octanol–water partition coefficient (Wildman–Crippen LogP) is 3.12. The van der Waals surface area contributed by atoms with Gasteiger partial charge in [0.15, 0.2) is 5.65 Å². The van der Waals surface area contributed by atoms with Crippen molar-refractivity contribution in [2.75, 3.05) is 7.11 Å². The van der Waals surface area contributed by atoms with Crippen LogP contribution in [0.2, 0.25) is 0 Å². The molecule has 124 valence electrons. The number of carbonyl (C=O) groups is 1. The number of methoxy groups -OCH3 is 1. The van der Waals surface area contributed by atoms with Crippen LogP contribution < -0.4 is 4.74 Å². The Morgan fingerprint density at radius 3 is 2.67 bits per heavy atom. The first-order chi connectivity index (χ1) is 11.7. The molecule has 0 unspecified atom stereocenters. The lowest BCUT2D eigenvalue weighted by Gasteiger charge is -2.06. The van der Waals surface area contributed by atoms with Gasteiger partial charge >= 0.3 is 6.01 Å². The number of hydrogen-bond acceptors (Lipinski definition) is 6. The van der Waals surface area contributed by atoms with Crippen LogP contribution in [0.5, 0.6) is 6.01 Å². The zero-order chi connectivity index (χ0) is 16.9. The number of nitrogens with zero attached hydrogens (tertiary/aromatic N) is 5. The average Bonchev–Trinajstić information content (AvgIpc) is 3.00. The van der Waals surface area contributed by atoms with Gasteiger partial charge in [0.2, 0.25) is 5.91 Å². The minimum atomic E-state index is -0.0586. The Hall–Kier alpha value is -2.83. The first-order valence-corrected chi connectivity index (χ1v) is 7.96. The molecule has 0 atom stereocenters. The summed E-state index contributed by atoms with van der Waals surface area (Å²) in [5.41, 5.74) is 2.59. The topological polar surface area (TPSA) is 82.8 Å². The molecule has 3 aromatic rings. The SMILES string of the molecule is CCCCCC(=O)n1c(OC)nc2ccc(-c3cncnc3)nc21. The highest BCUT2D eigenvalue weighted by molar-refractivity contribution is 5.91. The van der Waals surface area contributed by atoms with E-state index >= 15 is 0 Å². The number of imidazole rings is 1. The Balaban J connectivity index is 2.04. The molecule has 0 aliphatic rings. The van der Waals surface area contributed by atoms with Crippen LogP contribution in [-0.2, 0) is 0 Å². The minimum absolute atomic E-state index is 0.0586. The van der Waals surface area contributed by atoms with E-state index in [2.05, 4.69) is 26.9 Å². The first-order valence-electron chi connectivity index (χ1n) is 7.96. The van der Waals surface area contributed by atoms with Crippen LogP contribution in [0, 0.1) is 0 Å². The summed E-state index contributed by atoms with van der Waals surface area (Å²) in [6, 6.07) is 3.92. The van der Waals surface area contributed by atoms with Crippen molar-refractivity contribution >= 4 is 17.1 Å². The van der Waals surface area contributed by atoms with Crippen LogP contribution in [0.15, 0.2) is 30.9 Å². The number of hydrogen-bond donors (Lipinski definition) is 0. The van der Waals surface area contributed by atoms with E-state index in [4.69, 9.17) is 4.74 Å². The van der Waals surface area contributed by atoms with Gasteiger partial charge in [0.25, 0.3) is 0 Å².